The van der Waals surface area contributed by atoms with Crippen molar-refractivity contribution in [3.63, 3.8) is 0 Å². The molecule has 21 heavy (non-hydrogen) atoms. The first kappa shape index (κ1) is 14.6. The van der Waals surface area contributed by atoms with Gasteiger partial charge < -0.3 is 10.4 Å². The summed E-state index contributed by atoms with van der Waals surface area (Å²) in [7, 11) is 0. The second kappa shape index (κ2) is 6.17. The first-order valence-corrected chi connectivity index (χ1v) is 7.80. The summed E-state index contributed by atoms with van der Waals surface area (Å²) in [5.41, 5.74) is 0.616. The minimum atomic E-state index is -1.22. The Morgan fingerprint density at radius 2 is 2.05 bits per heavy atom. The number of nitrogens with one attached hydrogen (secondary N) is 1. The van der Waals surface area contributed by atoms with Crippen molar-refractivity contribution >= 4 is 11.3 Å². The van der Waals surface area contributed by atoms with Gasteiger partial charge in [-0.05, 0) is 25.0 Å². The van der Waals surface area contributed by atoms with Gasteiger partial charge in [-0.2, -0.15) is 0 Å². The van der Waals surface area contributed by atoms with Gasteiger partial charge in [0, 0.05) is 24.4 Å². The number of thiazole rings is 1. The molecule has 3 nitrogen and oxygen atoms in total. The zero-order valence-electron chi connectivity index (χ0n) is 11.4. The molecule has 0 saturated heterocycles. The Morgan fingerprint density at radius 3 is 2.71 bits per heavy atom. The third-order valence-corrected chi connectivity index (χ3v) is 4.53. The monoisotopic (exact) mass is 310 g/mol. The van der Waals surface area contributed by atoms with Crippen LogP contribution in [0.2, 0.25) is 0 Å². The molecular formula is C15H16F2N2OS. The molecule has 0 radical (unpaired) electrons. The van der Waals surface area contributed by atoms with E-state index in [1.165, 1.54) is 18.9 Å². The average molecular weight is 310 g/mol. The van der Waals surface area contributed by atoms with Gasteiger partial charge in [0.25, 0.3) is 0 Å². The van der Waals surface area contributed by atoms with Crippen LogP contribution in [0.1, 0.15) is 41.1 Å². The number of hydrogen-bond donors (Lipinski definition) is 2. The summed E-state index contributed by atoms with van der Waals surface area (Å²) in [5, 5.41) is 16.0. The fourth-order valence-electron chi connectivity index (χ4n) is 2.19. The summed E-state index contributed by atoms with van der Waals surface area (Å²) in [5.74, 6) is -0.829. The average Bonchev–Trinajstić information content (AvgIpc) is 3.19. The first-order chi connectivity index (χ1) is 10.1. The van der Waals surface area contributed by atoms with Crippen molar-refractivity contribution < 1.29 is 13.9 Å². The van der Waals surface area contributed by atoms with E-state index in [9.17, 15) is 13.9 Å². The zero-order chi connectivity index (χ0) is 14.8. The Balaban J connectivity index is 1.54. The van der Waals surface area contributed by atoms with Gasteiger partial charge in [0.05, 0.1) is 22.4 Å². The Labute approximate surface area is 125 Å². The first-order valence-electron chi connectivity index (χ1n) is 6.92. The lowest BCUT2D eigenvalue weighted by molar-refractivity contribution is 0.164. The van der Waals surface area contributed by atoms with E-state index in [4.69, 9.17) is 0 Å². The maximum atomic E-state index is 13.5. The highest BCUT2D eigenvalue weighted by Crippen LogP contribution is 2.41. The van der Waals surface area contributed by atoms with Gasteiger partial charge in [0.15, 0.2) is 0 Å². The van der Waals surface area contributed by atoms with E-state index in [0.29, 0.717) is 12.5 Å². The second-order valence-electron chi connectivity index (χ2n) is 5.23. The molecule has 1 atom stereocenters. The lowest BCUT2D eigenvalue weighted by Gasteiger charge is -2.13. The summed E-state index contributed by atoms with van der Waals surface area (Å²) < 4.78 is 27.0. The molecule has 2 N–H and O–H groups in total. The third kappa shape index (κ3) is 3.45. The van der Waals surface area contributed by atoms with Gasteiger partial charge in [0.2, 0.25) is 0 Å². The molecular weight excluding hydrogens is 294 g/mol. The third-order valence-electron chi connectivity index (χ3n) is 3.47. The van der Waals surface area contributed by atoms with Crippen LogP contribution in [0.15, 0.2) is 23.6 Å². The minimum Gasteiger partial charge on any atom is -0.387 e. The highest BCUT2D eigenvalue weighted by atomic mass is 32.1. The lowest BCUT2D eigenvalue weighted by atomic mass is 10.1. The molecule has 3 rings (SSSR count). The largest absolute Gasteiger partial charge is 0.387 e. The van der Waals surface area contributed by atoms with Gasteiger partial charge in [-0.3, -0.25) is 0 Å². The van der Waals surface area contributed by atoms with E-state index in [-0.39, 0.29) is 12.1 Å². The van der Waals surface area contributed by atoms with Crippen molar-refractivity contribution in [2.75, 3.05) is 6.54 Å². The summed E-state index contributed by atoms with van der Waals surface area (Å²) in [6.07, 6.45) is 1.21. The van der Waals surface area contributed by atoms with Gasteiger partial charge in [-0.25, -0.2) is 13.8 Å². The molecule has 0 bridgehead atoms. The predicted molar refractivity (Wildman–Crippen MR) is 77.1 cm³/mol. The van der Waals surface area contributed by atoms with E-state index in [0.717, 1.165) is 22.8 Å². The van der Waals surface area contributed by atoms with Crippen molar-refractivity contribution in [2.24, 2.45) is 0 Å². The Bertz CT molecular complexity index is 608. The van der Waals surface area contributed by atoms with E-state index in [2.05, 4.69) is 10.3 Å². The van der Waals surface area contributed by atoms with Crippen molar-refractivity contribution in [1.82, 2.24) is 10.3 Å². The topological polar surface area (TPSA) is 45.1 Å². The fourth-order valence-corrected chi connectivity index (χ4v) is 3.18. The van der Waals surface area contributed by atoms with Crippen molar-refractivity contribution in [3.8, 4) is 0 Å². The molecule has 0 spiro atoms. The maximum absolute atomic E-state index is 13.5. The van der Waals surface area contributed by atoms with Crippen LogP contribution in [0, 0.1) is 11.6 Å². The molecule has 1 aliphatic carbocycles. The summed E-state index contributed by atoms with van der Waals surface area (Å²) in [4.78, 5) is 4.50. The van der Waals surface area contributed by atoms with E-state index >= 15 is 0 Å². The second-order valence-corrected chi connectivity index (χ2v) is 6.12. The number of aromatic nitrogens is 1. The molecule has 0 aliphatic heterocycles. The lowest BCUT2D eigenvalue weighted by Crippen LogP contribution is -2.22. The van der Waals surface area contributed by atoms with Crippen LogP contribution >= 0.6 is 11.3 Å². The molecule has 1 aromatic carbocycles. The standard InChI is InChI=1S/C15H16F2N2OS/c16-11-2-1-3-12(17)14(11)13(20)7-18-6-10-8-21-15(19-10)9-4-5-9/h1-3,8-9,13,18,20H,4-7H2. The molecule has 1 saturated carbocycles. The SMILES string of the molecule is OC(CNCc1csc(C2CC2)n1)c1c(F)cccc1F. The van der Waals surface area contributed by atoms with Crippen LogP contribution in [-0.4, -0.2) is 16.6 Å². The van der Waals surface area contributed by atoms with Crippen molar-refractivity contribution in [1.29, 1.82) is 0 Å². The molecule has 1 fully saturated rings. The quantitative estimate of drug-likeness (QED) is 0.861. The number of nitrogens with zero attached hydrogens (tertiary/aromatic N) is 1. The normalized spacial score (nSPS) is 16.1. The number of aliphatic hydroxyl groups is 1. The number of aliphatic hydroxyl groups excluding tert-OH is 1. The highest BCUT2D eigenvalue weighted by molar-refractivity contribution is 7.09. The van der Waals surface area contributed by atoms with Gasteiger partial charge in [-0.15, -0.1) is 11.3 Å². The molecule has 1 aromatic heterocycles. The smallest absolute Gasteiger partial charge is 0.131 e. The molecule has 1 unspecified atom stereocenters. The Hall–Kier alpha value is -1.37. The molecule has 0 amide bonds. The predicted octanol–water partition coefficient (Wildman–Crippen LogP) is 3.12. The molecule has 2 aromatic rings. The Morgan fingerprint density at radius 1 is 1.33 bits per heavy atom. The van der Waals surface area contributed by atoms with Crippen LogP contribution in [0.25, 0.3) is 0 Å². The molecule has 6 heteroatoms. The molecule has 1 heterocycles. The van der Waals surface area contributed by atoms with Crippen LogP contribution in [0.5, 0.6) is 0 Å². The van der Waals surface area contributed by atoms with Crippen LogP contribution in [0.4, 0.5) is 8.78 Å². The molecule has 1 aliphatic rings. The maximum Gasteiger partial charge on any atom is 0.131 e. The van der Waals surface area contributed by atoms with Gasteiger partial charge in [-0.1, -0.05) is 6.07 Å². The van der Waals surface area contributed by atoms with E-state index < -0.39 is 17.7 Å². The number of halogens is 2. The summed E-state index contributed by atoms with van der Waals surface area (Å²) in [6, 6.07) is 3.57. The zero-order valence-corrected chi connectivity index (χ0v) is 12.2. The van der Waals surface area contributed by atoms with Crippen LogP contribution < -0.4 is 5.32 Å². The van der Waals surface area contributed by atoms with Crippen molar-refractivity contribution in [2.45, 2.75) is 31.4 Å². The van der Waals surface area contributed by atoms with E-state index in [1.807, 2.05) is 5.38 Å². The minimum absolute atomic E-state index is 0.0775. The van der Waals surface area contributed by atoms with Crippen LogP contribution in [0.3, 0.4) is 0 Å². The van der Waals surface area contributed by atoms with Crippen molar-refractivity contribution in [3.05, 3.63) is 51.5 Å². The van der Waals surface area contributed by atoms with E-state index in [1.54, 1.807) is 11.3 Å². The highest BCUT2D eigenvalue weighted by Gasteiger charge is 2.26. The fraction of sp³-hybridized carbons (Fsp3) is 0.400. The number of benzene rings is 1. The van der Waals surface area contributed by atoms with Gasteiger partial charge >= 0.3 is 0 Å². The van der Waals surface area contributed by atoms with Crippen LogP contribution in [-0.2, 0) is 6.54 Å². The summed E-state index contributed by atoms with van der Waals surface area (Å²) in [6.45, 7) is 0.560. The molecule has 112 valence electrons. The number of hydrogen-bond acceptors (Lipinski definition) is 4. The van der Waals surface area contributed by atoms with Gasteiger partial charge in [0.1, 0.15) is 11.6 Å². The number of rotatable bonds is 6. The summed E-state index contributed by atoms with van der Waals surface area (Å²) >= 11 is 1.65. The Kier molecular flexibility index (Phi) is 4.28.